The van der Waals surface area contributed by atoms with Crippen molar-refractivity contribution < 1.29 is 23.4 Å². The number of hydrogen-bond donors (Lipinski definition) is 0. The highest BCUT2D eigenvalue weighted by atomic mass is 16.5. The standard InChI is InChI=1S/C21H25NO6/c1-12-16-7-14-9-22(10-15-5-4-6-26-15)11-27-19(14)13(2)20(16)28-21(24)17(12)8-18(23)25-3/h7,15H,4-6,8-11H2,1-3H3/t15-/m0/s1. The van der Waals surface area contributed by atoms with E-state index in [9.17, 15) is 9.59 Å². The third-order valence-corrected chi connectivity index (χ3v) is 5.65. The lowest BCUT2D eigenvalue weighted by Crippen LogP contribution is -2.37. The summed E-state index contributed by atoms with van der Waals surface area (Å²) in [6, 6.07) is 2.01. The van der Waals surface area contributed by atoms with Crippen molar-refractivity contribution in [3.05, 3.63) is 38.7 Å². The number of ether oxygens (including phenoxy) is 3. The molecule has 0 amide bonds. The minimum atomic E-state index is -0.505. The van der Waals surface area contributed by atoms with Crippen LogP contribution in [-0.2, 0) is 27.2 Å². The van der Waals surface area contributed by atoms with E-state index in [0.29, 0.717) is 17.9 Å². The number of aryl methyl sites for hydroxylation is 2. The fraction of sp³-hybridized carbons (Fsp3) is 0.524. The number of rotatable bonds is 4. The van der Waals surface area contributed by atoms with Gasteiger partial charge in [0.1, 0.15) is 18.1 Å². The van der Waals surface area contributed by atoms with E-state index >= 15 is 0 Å². The molecular weight excluding hydrogens is 362 g/mol. The van der Waals surface area contributed by atoms with E-state index in [-0.39, 0.29) is 12.5 Å². The van der Waals surface area contributed by atoms with Gasteiger partial charge < -0.3 is 18.6 Å². The van der Waals surface area contributed by atoms with Gasteiger partial charge in [0.05, 0.1) is 25.2 Å². The maximum atomic E-state index is 12.4. The van der Waals surface area contributed by atoms with Gasteiger partial charge >= 0.3 is 11.6 Å². The Morgan fingerprint density at radius 1 is 1.32 bits per heavy atom. The van der Waals surface area contributed by atoms with Gasteiger partial charge in [0.15, 0.2) is 0 Å². The van der Waals surface area contributed by atoms with Gasteiger partial charge in [0.25, 0.3) is 0 Å². The van der Waals surface area contributed by atoms with E-state index < -0.39 is 11.6 Å². The van der Waals surface area contributed by atoms with Crippen molar-refractivity contribution in [3.63, 3.8) is 0 Å². The maximum absolute atomic E-state index is 12.4. The lowest BCUT2D eigenvalue weighted by molar-refractivity contribution is -0.139. The monoisotopic (exact) mass is 387 g/mol. The van der Waals surface area contributed by atoms with E-state index in [1.165, 1.54) is 7.11 Å². The number of carbonyl (C=O) groups is 1. The van der Waals surface area contributed by atoms with Gasteiger partial charge in [0, 0.05) is 36.2 Å². The topological polar surface area (TPSA) is 78.2 Å². The Bertz CT molecular complexity index is 973. The van der Waals surface area contributed by atoms with Crippen LogP contribution in [0.5, 0.6) is 5.75 Å². The van der Waals surface area contributed by atoms with Gasteiger partial charge in [-0.2, -0.15) is 0 Å². The molecule has 0 radical (unpaired) electrons. The summed E-state index contributed by atoms with van der Waals surface area (Å²) in [5, 5.41) is 0.831. The van der Waals surface area contributed by atoms with Crippen molar-refractivity contribution in [1.29, 1.82) is 0 Å². The molecule has 0 N–H and O–H groups in total. The molecule has 0 saturated carbocycles. The molecule has 0 unspecified atom stereocenters. The van der Waals surface area contributed by atoms with Gasteiger partial charge in [-0.3, -0.25) is 9.69 Å². The molecule has 2 aliphatic rings. The van der Waals surface area contributed by atoms with Crippen molar-refractivity contribution in [2.24, 2.45) is 0 Å². The average Bonchev–Trinajstić information content (AvgIpc) is 3.19. The van der Waals surface area contributed by atoms with Gasteiger partial charge in [-0.25, -0.2) is 4.79 Å². The van der Waals surface area contributed by atoms with Crippen molar-refractivity contribution in [1.82, 2.24) is 4.90 Å². The van der Waals surface area contributed by atoms with Crippen LogP contribution < -0.4 is 10.4 Å². The molecule has 3 heterocycles. The zero-order valence-corrected chi connectivity index (χ0v) is 16.5. The van der Waals surface area contributed by atoms with Crippen molar-refractivity contribution in [3.8, 4) is 5.75 Å². The van der Waals surface area contributed by atoms with Gasteiger partial charge in [-0.15, -0.1) is 0 Å². The molecule has 1 fully saturated rings. The van der Waals surface area contributed by atoms with Gasteiger partial charge in [-0.05, 0) is 38.3 Å². The maximum Gasteiger partial charge on any atom is 0.340 e. The Labute approximate surface area is 163 Å². The summed E-state index contributed by atoms with van der Waals surface area (Å²) in [5.74, 6) is 0.315. The third-order valence-electron chi connectivity index (χ3n) is 5.65. The number of nitrogens with zero attached hydrogens (tertiary/aromatic N) is 1. The molecule has 1 aromatic heterocycles. The third kappa shape index (κ3) is 3.40. The second-order valence-corrected chi connectivity index (χ2v) is 7.53. The highest BCUT2D eigenvalue weighted by molar-refractivity contribution is 5.88. The number of fused-ring (bicyclic) bond motifs is 2. The smallest absolute Gasteiger partial charge is 0.340 e. The molecule has 2 aliphatic heterocycles. The number of methoxy groups -OCH3 is 1. The quantitative estimate of drug-likeness (QED) is 0.589. The van der Waals surface area contributed by atoms with Crippen molar-refractivity contribution in [2.45, 2.75) is 45.8 Å². The van der Waals surface area contributed by atoms with Crippen molar-refractivity contribution >= 4 is 16.9 Å². The number of benzene rings is 1. The van der Waals surface area contributed by atoms with Gasteiger partial charge in [-0.1, -0.05) is 0 Å². The van der Waals surface area contributed by atoms with Crippen LogP contribution in [0.1, 0.15) is 35.1 Å². The second-order valence-electron chi connectivity index (χ2n) is 7.53. The van der Waals surface area contributed by atoms with E-state index in [4.69, 9.17) is 18.6 Å². The molecule has 150 valence electrons. The average molecular weight is 387 g/mol. The lowest BCUT2D eigenvalue weighted by atomic mass is 9.97. The number of hydrogen-bond acceptors (Lipinski definition) is 7. The van der Waals surface area contributed by atoms with E-state index in [0.717, 1.165) is 60.4 Å². The Kier molecular flexibility index (Phi) is 5.12. The van der Waals surface area contributed by atoms with Gasteiger partial charge in [0.2, 0.25) is 0 Å². The van der Waals surface area contributed by atoms with Crippen LogP contribution in [0.25, 0.3) is 11.0 Å². The lowest BCUT2D eigenvalue weighted by Gasteiger charge is -2.31. The van der Waals surface area contributed by atoms with E-state index in [2.05, 4.69) is 4.90 Å². The molecule has 1 atom stereocenters. The molecule has 0 aliphatic carbocycles. The zero-order valence-electron chi connectivity index (χ0n) is 16.5. The summed E-state index contributed by atoms with van der Waals surface area (Å²) in [6.45, 7) is 6.66. The second kappa shape index (κ2) is 7.56. The first kappa shape index (κ1) is 19.0. The Morgan fingerprint density at radius 2 is 2.14 bits per heavy atom. The zero-order chi connectivity index (χ0) is 19.8. The van der Waals surface area contributed by atoms with Crippen LogP contribution in [0.3, 0.4) is 0 Å². The highest BCUT2D eigenvalue weighted by Gasteiger charge is 2.27. The minimum absolute atomic E-state index is 0.0988. The summed E-state index contributed by atoms with van der Waals surface area (Å²) >= 11 is 0. The SMILES string of the molecule is COC(=O)Cc1c(C)c2cc3c(c(C)c2oc1=O)OCN(C[C@@H]1CCCO1)C3. The Morgan fingerprint density at radius 3 is 2.86 bits per heavy atom. The predicted octanol–water partition coefficient (Wildman–Crippen LogP) is 2.46. The van der Waals surface area contributed by atoms with Crippen LogP contribution in [0.15, 0.2) is 15.3 Å². The minimum Gasteiger partial charge on any atom is -0.477 e. The molecule has 1 saturated heterocycles. The molecule has 1 aromatic carbocycles. The van der Waals surface area contributed by atoms with Crippen LogP contribution in [0, 0.1) is 13.8 Å². The normalized spacial score (nSPS) is 19.5. The number of carbonyl (C=O) groups excluding carboxylic acids is 1. The molecular formula is C21H25NO6. The summed E-state index contributed by atoms with van der Waals surface area (Å²) in [5.41, 5.74) is 2.96. The van der Waals surface area contributed by atoms with Crippen LogP contribution in [0.2, 0.25) is 0 Å². The Balaban J connectivity index is 1.71. The fourth-order valence-corrected chi connectivity index (χ4v) is 4.11. The van der Waals surface area contributed by atoms with Crippen LogP contribution >= 0.6 is 0 Å². The summed E-state index contributed by atoms with van der Waals surface area (Å²) < 4.78 is 22.0. The first-order valence-electron chi connectivity index (χ1n) is 9.60. The Hall–Kier alpha value is -2.38. The molecule has 7 nitrogen and oxygen atoms in total. The number of esters is 1. The van der Waals surface area contributed by atoms with Crippen LogP contribution in [-0.4, -0.2) is 44.0 Å². The molecule has 7 heteroatoms. The highest BCUT2D eigenvalue weighted by Crippen LogP contribution is 2.36. The first-order chi connectivity index (χ1) is 13.5. The summed E-state index contributed by atoms with van der Waals surface area (Å²) in [7, 11) is 1.31. The molecule has 28 heavy (non-hydrogen) atoms. The summed E-state index contributed by atoms with van der Waals surface area (Å²) in [4.78, 5) is 26.4. The summed E-state index contributed by atoms with van der Waals surface area (Å²) in [6.07, 6.45) is 2.36. The molecule has 2 aromatic rings. The van der Waals surface area contributed by atoms with Crippen molar-refractivity contribution in [2.75, 3.05) is 27.0 Å². The van der Waals surface area contributed by atoms with Crippen LogP contribution in [0.4, 0.5) is 0 Å². The fourth-order valence-electron chi connectivity index (χ4n) is 4.11. The van der Waals surface area contributed by atoms with E-state index in [1.807, 2.05) is 19.9 Å². The first-order valence-corrected chi connectivity index (χ1v) is 9.60. The molecule has 0 bridgehead atoms. The molecule has 0 spiro atoms. The predicted molar refractivity (Wildman–Crippen MR) is 103 cm³/mol. The molecule has 4 rings (SSSR count). The largest absolute Gasteiger partial charge is 0.477 e. The van der Waals surface area contributed by atoms with E-state index in [1.54, 1.807) is 0 Å².